The van der Waals surface area contributed by atoms with Crippen molar-refractivity contribution in [2.45, 2.75) is 0 Å². The highest BCUT2D eigenvalue weighted by molar-refractivity contribution is 9.10. The van der Waals surface area contributed by atoms with Gasteiger partial charge >= 0.3 is 5.97 Å². The lowest BCUT2D eigenvalue weighted by Crippen LogP contribution is -2.13. The van der Waals surface area contributed by atoms with Crippen molar-refractivity contribution >= 4 is 55.1 Å². The van der Waals surface area contributed by atoms with Crippen LogP contribution in [-0.2, 0) is 0 Å². The molecule has 0 saturated carbocycles. The van der Waals surface area contributed by atoms with Gasteiger partial charge in [0.05, 0.1) is 16.8 Å². The van der Waals surface area contributed by atoms with Crippen molar-refractivity contribution in [1.82, 2.24) is 0 Å². The summed E-state index contributed by atoms with van der Waals surface area (Å²) in [5, 5.41) is 12.1. The Kier molecular flexibility index (Phi) is 4.64. The Bertz CT molecular complexity index is 732. The minimum Gasteiger partial charge on any atom is -0.478 e. The van der Waals surface area contributed by atoms with Gasteiger partial charge in [-0.25, -0.2) is 4.79 Å². The summed E-state index contributed by atoms with van der Waals surface area (Å²) in [7, 11) is 0. The maximum absolute atomic E-state index is 11.5. The summed E-state index contributed by atoms with van der Waals surface area (Å²) < 4.78 is 1.20. The molecular formula is C14H10Br2N2O3. The predicted octanol–water partition coefficient (Wildman–Crippen LogP) is 3.75. The number of nitrogens with two attached hydrogens (primary N) is 1. The fraction of sp³-hybridized carbons (Fsp3) is 0. The molecule has 0 aromatic heterocycles. The summed E-state index contributed by atoms with van der Waals surface area (Å²) in [6.45, 7) is 0. The van der Waals surface area contributed by atoms with E-state index < -0.39 is 11.9 Å². The van der Waals surface area contributed by atoms with Crippen LogP contribution in [0.3, 0.4) is 0 Å². The van der Waals surface area contributed by atoms with Crippen LogP contribution in [0, 0.1) is 0 Å². The molecular weight excluding hydrogens is 404 g/mol. The number of anilines is 2. The maximum atomic E-state index is 11.5. The van der Waals surface area contributed by atoms with E-state index in [1.807, 2.05) is 0 Å². The summed E-state index contributed by atoms with van der Waals surface area (Å²) in [4.78, 5) is 22.6. The molecule has 0 saturated heterocycles. The van der Waals surface area contributed by atoms with Crippen molar-refractivity contribution in [2.24, 2.45) is 5.73 Å². The van der Waals surface area contributed by atoms with Gasteiger partial charge in [0.1, 0.15) is 0 Å². The third-order valence-corrected chi connectivity index (χ3v) is 3.91. The van der Waals surface area contributed by atoms with Gasteiger partial charge in [-0.05, 0) is 52.3 Å². The average molecular weight is 414 g/mol. The second kappa shape index (κ2) is 6.28. The molecule has 0 spiro atoms. The lowest BCUT2D eigenvalue weighted by atomic mass is 10.1. The van der Waals surface area contributed by atoms with Crippen molar-refractivity contribution in [1.29, 1.82) is 0 Å². The Hall–Kier alpha value is -1.86. The number of carbonyl (C=O) groups excluding carboxylic acids is 1. The zero-order chi connectivity index (χ0) is 15.6. The molecule has 0 fully saturated rings. The van der Waals surface area contributed by atoms with Gasteiger partial charge in [-0.1, -0.05) is 15.9 Å². The molecule has 5 nitrogen and oxygen atoms in total. The van der Waals surface area contributed by atoms with E-state index in [2.05, 4.69) is 37.2 Å². The molecule has 0 heterocycles. The monoisotopic (exact) mass is 412 g/mol. The zero-order valence-electron chi connectivity index (χ0n) is 10.6. The van der Waals surface area contributed by atoms with Crippen LogP contribution in [-0.4, -0.2) is 17.0 Å². The molecule has 4 N–H and O–H groups in total. The van der Waals surface area contributed by atoms with Gasteiger partial charge in [0, 0.05) is 14.6 Å². The molecule has 0 aliphatic heterocycles. The number of primary amides is 1. The fourth-order valence-electron chi connectivity index (χ4n) is 1.75. The maximum Gasteiger partial charge on any atom is 0.336 e. The highest BCUT2D eigenvalue weighted by Gasteiger charge is 2.12. The number of hydrogen-bond acceptors (Lipinski definition) is 3. The lowest BCUT2D eigenvalue weighted by molar-refractivity contribution is 0.0695. The van der Waals surface area contributed by atoms with Gasteiger partial charge in [0.2, 0.25) is 0 Å². The minimum atomic E-state index is -1.04. The number of benzene rings is 2. The van der Waals surface area contributed by atoms with Gasteiger partial charge in [-0.15, -0.1) is 0 Å². The number of hydrogen-bond donors (Lipinski definition) is 3. The third kappa shape index (κ3) is 3.62. The summed E-state index contributed by atoms with van der Waals surface area (Å²) in [6, 6.07) is 9.83. The first-order valence-electron chi connectivity index (χ1n) is 5.77. The largest absolute Gasteiger partial charge is 0.478 e. The summed E-state index contributed by atoms with van der Waals surface area (Å²) >= 11 is 6.45. The van der Waals surface area contributed by atoms with Crippen LogP contribution < -0.4 is 11.1 Å². The van der Waals surface area contributed by atoms with E-state index in [1.165, 1.54) is 6.07 Å². The second-order valence-corrected chi connectivity index (χ2v) is 5.95. The highest BCUT2D eigenvalue weighted by Crippen LogP contribution is 2.27. The van der Waals surface area contributed by atoms with Gasteiger partial charge in [-0.3, -0.25) is 4.79 Å². The number of carbonyl (C=O) groups is 2. The molecule has 0 aliphatic carbocycles. The molecule has 0 bridgehead atoms. The molecule has 2 aromatic carbocycles. The van der Waals surface area contributed by atoms with Crippen molar-refractivity contribution in [3.05, 3.63) is 56.5 Å². The first kappa shape index (κ1) is 15.5. The topological polar surface area (TPSA) is 92.4 Å². The van der Waals surface area contributed by atoms with Crippen molar-refractivity contribution in [2.75, 3.05) is 5.32 Å². The van der Waals surface area contributed by atoms with Gasteiger partial charge in [-0.2, -0.15) is 0 Å². The lowest BCUT2D eigenvalue weighted by Gasteiger charge is -2.11. The van der Waals surface area contributed by atoms with E-state index in [4.69, 9.17) is 10.8 Å². The molecule has 1 amide bonds. The highest BCUT2D eigenvalue weighted by atomic mass is 79.9. The van der Waals surface area contributed by atoms with Crippen LogP contribution in [0.5, 0.6) is 0 Å². The van der Waals surface area contributed by atoms with Gasteiger partial charge < -0.3 is 16.2 Å². The van der Waals surface area contributed by atoms with Crippen molar-refractivity contribution in [3.63, 3.8) is 0 Å². The van der Waals surface area contributed by atoms with E-state index in [-0.39, 0.29) is 5.56 Å². The van der Waals surface area contributed by atoms with E-state index in [9.17, 15) is 9.59 Å². The Morgan fingerprint density at radius 3 is 2.38 bits per heavy atom. The number of carboxylic acids is 1. The molecule has 0 atom stereocenters. The Labute approximate surface area is 137 Å². The number of halogens is 2. The van der Waals surface area contributed by atoms with Crippen LogP contribution in [0.4, 0.5) is 11.4 Å². The Morgan fingerprint density at radius 2 is 1.76 bits per heavy atom. The normalized spacial score (nSPS) is 10.2. The van der Waals surface area contributed by atoms with E-state index in [0.29, 0.717) is 21.4 Å². The molecule has 2 aromatic rings. The Balaban J connectivity index is 2.41. The quantitative estimate of drug-likeness (QED) is 0.711. The Morgan fingerprint density at radius 1 is 1.05 bits per heavy atom. The number of aromatic carboxylic acids is 1. The second-order valence-electron chi connectivity index (χ2n) is 4.18. The first-order valence-corrected chi connectivity index (χ1v) is 7.36. The average Bonchev–Trinajstić information content (AvgIpc) is 2.42. The summed E-state index contributed by atoms with van der Waals surface area (Å²) in [5.41, 5.74) is 6.82. The predicted molar refractivity (Wildman–Crippen MR) is 87.0 cm³/mol. The standard InChI is InChI=1S/C14H10Br2N2O3/c15-7-1-4-12(10(5-7)13(17)19)18-8-2-3-11(16)9(6-8)14(20)21/h1-6,18H,(H2,17,19)(H,20,21). The van der Waals surface area contributed by atoms with Crippen LogP contribution in [0.15, 0.2) is 45.3 Å². The van der Waals surface area contributed by atoms with E-state index >= 15 is 0 Å². The number of rotatable bonds is 4. The zero-order valence-corrected chi connectivity index (χ0v) is 13.7. The molecule has 0 radical (unpaired) electrons. The van der Waals surface area contributed by atoms with E-state index in [1.54, 1.807) is 30.3 Å². The SMILES string of the molecule is NC(=O)c1cc(Br)ccc1Nc1ccc(Br)c(C(=O)O)c1. The molecule has 0 unspecified atom stereocenters. The fourth-order valence-corrected chi connectivity index (χ4v) is 2.53. The number of amides is 1. The summed E-state index contributed by atoms with van der Waals surface area (Å²) in [5.74, 6) is -1.62. The van der Waals surface area contributed by atoms with Gasteiger partial charge in [0.15, 0.2) is 0 Å². The minimum absolute atomic E-state index is 0.123. The molecule has 0 aliphatic rings. The van der Waals surface area contributed by atoms with Crippen LogP contribution in [0.2, 0.25) is 0 Å². The van der Waals surface area contributed by atoms with Gasteiger partial charge in [0.25, 0.3) is 5.91 Å². The van der Waals surface area contributed by atoms with Crippen molar-refractivity contribution in [3.8, 4) is 0 Å². The smallest absolute Gasteiger partial charge is 0.336 e. The van der Waals surface area contributed by atoms with Crippen molar-refractivity contribution < 1.29 is 14.7 Å². The third-order valence-electron chi connectivity index (χ3n) is 2.72. The van der Waals surface area contributed by atoms with Crippen LogP contribution >= 0.6 is 31.9 Å². The number of carboxylic acid groups (broad SMARTS) is 1. The summed E-state index contributed by atoms with van der Waals surface area (Å²) in [6.07, 6.45) is 0. The molecule has 7 heteroatoms. The first-order chi connectivity index (χ1) is 9.88. The number of nitrogens with one attached hydrogen (secondary N) is 1. The van der Waals surface area contributed by atoms with E-state index in [0.717, 1.165) is 4.47 Å². The van der Waals surface area contributed by atoms with Crippen LogP contribution in [0.1, 0.15) is 20.7 Å². The molecule has 108 valence electrons. The molecule has 2 rings (SSSR count). The van der Waals surface area contributed by atoms with Crippen LogP contribution in [0.25, 0.3) is 0 Å². The molecule has 21 heavy (non-hydrogen) atoms.